The Morgan fingerprint density at radius 1 is 1.20 bits per heavy atom. The summed E-state index contributed by atoms with van der Waals surface area (Å²) in [5.41, 5.74) is -0.0435. The first-order chi connectivity index (χ1) is 12.0. The molecule has 1 saturated heterocycles. The van der Waals surface area contributed by atoms with E-state index in [0.717, 1.165) is 0 Å². The largest absolute Gasteiger partial charge is 0.507 e. The fraction of sp³-hybridized carbons (Fsp3) is 0.471. The molecule has 0 spiro atoms. The minimum atomic E-state index is -0.794. The van der Waals surface area contributed by atoms with Gasteiger partial charge in [-0.3, -0.25) is 9.59 Å². The maximum absolute atomic E-state index is 12.1. The number of esters is 2. The molecule has 1 heterocycles. The van der Waals surface area contributed by atoms with Crippen LogP contribution >= 0.6 is 0 Å². The summed E-state index contributed by atoms with van der Waals surface area (Å²) in [6, 6.07) is 4.16. The summed E-state index contributed by atoms with van der Waals surface area (Å²) in [5, 5.41) is 9.79. The number of amides is 1. The molecular formula is C17H21NO7. The summed E-state index contributed by atoms with van der Waals surface area (Å²) in [6.45, 7) is 0.390. The van der Waals surface area contributed by atoms with E-state index in [1.165, 1.54) is 32.4 Å². The molecule has 0 bridgehead atoms. The number of rotatable bonds is 5. The minimum absolute atomic E-state index is 0.0435. The van der Waals surface area contributed by atoms with Crippen LogP contribution < -0.4 is 4.74 Å². The highest BCUT2D eigenvalue weighted by Crippen LogP contribution is 2.24. The molecule has 1 amide bonds. The molecule has 0 aromatic heterocycles. The zero-order chi connectivity index (χ0) is 18.4. The second-order valence-corrected chi connectivity index (χ2v) is 5.64. The Balaban J connectivity index is 1.84. The number of hydrogen-bond donors (Lipinski definition) is 1. The number of likely N-dealkylation sites (tertiary alicyclic amines) is 1. The predicted molar refractivity (Wildman–Crippen MR) is 86.3 cm³/mol. The zero-order valence-corrected chi connectivity index (χ0v) is 14.2. The number of methoxy groups -OCH3 is 2. The number of carbonyl (C=O) groups excluding carboxylic acids is 3. The molecule has 1 fully saturated rings. The van der Waals surface area contributed by atoms with Crippen LogP contribution in [0.1, 0.15) is 23.2 Å². The lowest BCUT2D eigenvalue weighted by Crippen LogP contribution is -2.42. The SMILES string of the molecule is COC(=O)C1CCN(C(=O)COC(=O)c2ccc(OC)cc2O)CC1. The van der Waals surface area contributed by atoms with E-state index in [1.807, 2.05) is 0 Å². The van der Waals surface area contributed by atoms with Crippen LogP contribution in [0.5, 0.6) is 11.5 Å². The standard InChI is InChI=1S/C17H21NO7/c1-23-12-3-4-13(14(19)9-12)17(22)25-10-15(20)18-7-5-11(6-8-18)16(21)24-2/h3-4,9,11,19H,5-8,10H2,1-2H3. The molecule has 2 rings (SSSR count). The van der Waals surface area contributed by atoms with Gasteiger partial charge in [0.1, 0.15) is 17.1 Å². The molecule has 1 aromatic rings. The highest BCUT2D eigenvalue weighted by atomic mass is 16.5. The van der Waals surface area contributed by atoms with Gasteiger partial charge in [-0.25, -0.2) is 4.79 Å². The Hall–Kier alpha value is -2.77. The fourth-order valence-corrected chi connectivity index (χ4v) is 2.64. The Labute approximate surface area is 145 Å². The van der Waals surface area contributed by atoms with Gasteiger partial charge < -0.3 is 24.2 Å². The summed E-state index contributed by atoms with van der Waals surface area (Å²) < 4.78 is 14.6. The summed E-state index contributed by atoms with van der Waals surface area (Å²) >= 11 is 0. The van der Waals surface area contributed by atoms with Crippen molar-refractivity contribution >= 4 is 17.8 Å². The molecule has 0 aliphatic carbocycles. The van der Waals surface area contributed by atoms with Crippen molar-refractivity contribution in [3.05, 3.63) is 23.8 Å². The van der Waals surface area contributed by atoms with E-state index in [-0.39, 0.29) is 29.1 Å². The van der Waals surface area contributed by atoms with Gasteiger partial charge in [0.2, 0.25) is 0 Å². The second kappa shape index (κ2) is 8.36. The molecule has 1 aliphatic heterocycles. The van der Waals surface area contributed by atoms with Gasteiger partial charge in [0.05, 0.1) is 20.1 Å². The van der Waals surface area contributed by atoms with Crippen molar-refractivity contribution in [1.29, 1.82) is 0 Å². The van der Waals surface area contributed by atoms with E-state index in [4.69, 9.17) is 14.2 Å². The number of phenols is 1. The molecule has 136 valence electrons. The third kappa shape index (κ3) is 4.62. The molecule has 1 aliphatic rings. The normalized spacial score (nSPS) is 14.7. The number of piperidine rings is 1. The summed E-state index contributed by atoms with van der Waals surface area (Å²) in [7, 11) is 2.78. The van der Waals surface area contributed by atoms with E-state index < -0.39 is 12.6 Å². The van der Waals surface area contributed by atoms with Crippen LogP contribution in [0.25, 0.3) is 0 Å². The lowest BCUT2D eigenvalue weighted by Gasteiger charge is -2.30. The molecule has 8 nitrogen and oxygen atoms in total. The van der Waals surface area contributed by atoms with Crippen LogP contribution in [0.3, 0.4) is 0 Å². The first-order valence-electron chi connectivity index (χ1n) is 7.86. The highest BCUT2D eigenvalue weighted by Gasteiger charge is 2.28. The van der Waals surface area contributed by atoms with Crippen molar-refractivity contribution < 1.29 is 33.7 Å². The van der Waals surface area contributed by atoms with Crippen LogP contribution in [-0.2, 0) is 19.1 Å². The molecule has 0 atom stereocenters. The third-order valence-corrected chi connectivity index (χ3v) is 4.13. The zero-order valence-electron chi connectivity index (χ0n) is 14.2. The number of carbonyl (C=O) groups is 3. The lowest BCUT2D eigenvalue weighted by atomic mass is 9.97. The summed E-state index contributed by atoms with van der Waals surface area (Å²) in [5.74, 6) is -1.49. The van der Waals surface area contributed by atoms with Gasteiger partial charge in [0, 0.05) is 19.2 Å². The molecule has 0 saturated carbocycles. The number of ether oxygens (including phenoxy) is 3. The average molecular weight is 351 g/mol. The molecule has 1 aromatic carbocycles. The Kier molecular flexibility index (Phi) is 6.21. The van der Waals surface area contributed by atoms with E-state index in [9.17, 15) is 19.5 Å². The first kappa shape index (κ1) is 18.6. The summed E-state index contributed by atoms with van der Waals surface area (Å²) in [4.78, 5) is 37.1. The molecule has 0 unspecified atom stereocenters. The van der Waals surface area contributed by atoms with Crippen molar-refractivity contribution in [2.24, 2.45) is 5.92 Å². The van der Waals surface area contributed by atoms with E-state index in [0.29, 0.717) is 31.7 Å². The van der Waals surface area contributed by atoms with Gasteiger partial charge in [-0.15, -0.1) is 0 Å². The van der Waals surface area contributed by atoms with E-state index in [1.54, 1.807) is 4.90 Å². The van der Waals surface area contributed by atoms with E-state index in [2.05, 4.69) is 0 Å². The predicted octanol–water partition coefficient (Wildman–Crippen LogP) is 0.969. The number of hydrogen-bond acceptors (Lipinski definition) is 7. The summed E-state index contributed by atoms with van der Waals surface area (Å²) in [6.07, 6.45) is 1.04. The van der Waals surface area contributed by atoms with Crippen LogP contribution in [0, 0.1) is 5.92 Å². The Morgan fingerprint density at radius 2 is 1.88 bits per heavy atom. The quantitative estimate of drug-likeness (QED) is 0.789. The van der Waals surface area contributed by atoms with E-state index >= 15 is 0 Å². The van der Waals surface area contributed by atoms with Crippen molar-refractivity contribution in [1.82, 2.24) is 4.90 Å². The number of benzene rings is 1. The van der Waals surface area contributed by atoms with Crippen LogP contribution in [0.4, 0.5) is 0 Å². The van der Waals surface area contributed by atoms with Crippen LogP contribution in [0.15, 0.2) is 18.2 Å². The first-order valence-corrected chi connectivity index (χ1v) is 7.86. The van der Waals surface area contributed by atoms with Gasteiger partial charge in [-0.2, -0.15) is 0 Å². The Bertz CT molecular complexity index is 650. The smallest absolute Gasteiger partial charge is 0.342 e. The van der Waals surface area contributed by atoms with Crippen molar-refractivity contribution in [2.75, 3.05) is 33.9 Å². The number of aromatic hydroxyl groups is 1. The van der Waals surface area contributed by atoms with Crippen molar-refractivity contribution in [3.8, 4) is 11.5 Å². The molecule has 1 N–H and O–H groups in total. The number of phenolic OH excluding ortho intramolecular Hbond substituents is 1. The van der Waals surface area contributed by atoms with Gasteiger partial charge in [-0.1, -0.05) is 0 Å². The minimum Gasteiger partial charge on any atom is -0.507 e. The maximum Gasteiger partial charge on any atom is 0.342 e. The van der Waals surface area contributed by atoms with Crippen molar-refractivity contribution in [3.63, 3.8) is 0 Å². The lowest BCUT2D eigenvalue weighted by molar-refractivity contribution is -0.149. The van der Waals surface area contributed by atoms with Gasteiger partial charge in [0.15, 0.2) is 6.61 Å². The van der Waals surface area contributed by atoms with Crippen molar-refractivity contribution in [2.45, 2.75) is 12.8 Å². The highest BCUT2D eigenvalue weighted by molar-refractivity contribution is 5.94. The molecule has 0 radical (unpaired) electrons. The monoisotopic (exact) mass is 351 g/mol. The maximum atomic E-state index is 12.1. The van der Waals surface area contributed by atoms with Gasteiger partial charge >= 0.3 is 11.9 Å². The number of nitrogens with zero attached hydrogens (tertiary/aromatic N) is 1. The topological polar surface area (TPSA) is 102 Å². The van der Waals surface area contributed by atoms with Crippen LogP contribution in [0.2, 0.25) is 0 Å². The fourth-order valence-electron chi connectivity index (χ4n) is 2.64. The van der Waals surface area contributed by atoms with Crippen LogP contribution in [-0.4, -0.2) is 61.8 Å². The molecular weight excluding hydrogens is 330 g/mol. The Morgan fingerprint density at radius 3 is 2.44 bits per heavy atom. The average Bonchev–Trinajstić information content (AvgIpc) is 2.65. The van der Waals surface area contributed by atoms with Gasteiger partial charge in [0.25, 0.3) is 5.91 Å². The molecule has 25 heavy (non-hydrogen) atoms. The van der Waals surface area contributed by atoms with Gasteiger partial charge in [-0.05, 0) is 25.0 Å². The third-order valence-electron chi connectivity index (χ3n) is 4.13. The second-order valence-electron chi connectivity index (χ2n) is 5.64. The molecule has 8 heteroatoms.